The largest absolute Gasteiger partial charge is 0.359 e. The molecule has 2 aromatic heterocycles. The topological polar surface area (TPSA) is 85.9 Å². The molecule has 2 heterocycles. The molecule has 0 fully saturated rings. The molecule has 0 aliphatic rings. The van der Waals surface area contributed by atoms with Crippen LogP contribution in [-0.2, 0) is 13.6 Å². The third-order valence-corrected chi connectivity index (χ3v) is 2.94. The van der Waals surface area contributed by atoms with Gasteiger partial charge in [-0.1, -0.05) is 19.9 Å². The van der Waals surface area contributed by atoms with E-state index >= 15 is 0 Å². The maximum atomic E-state index is 11.3. The molecule has 0 unspecified atom stereocenters. The van der Waals surface area contributed by atoms with Crippen LogP contribution in [0.3, 0.4) is 0 Å². The SMILES string of the molecule is CC(C)c1nn(C)c(NCc2ccccn2)c1[N+](=O)[O-]. The highest BCUT2D eigenvalue weighted by Gasteiger charge is 2.28. The summed E-state index contributed by atoms with van der Waals surface area (Å²) in [7, 11) is 1.69. The maximum absolute atomic E-state index is 11.3. The molecule has 2 rings (SSSR count). The molecule has 0 bridgehead atoms. The highest BCUT2D eigenvalue weighted by Crippen LogP contribution is 2.32. The summed E-state index contributed by atoms with van der Waals surface area (Å²) in [5.41, 5.74) is 1.34. The van der Waals surface area contributed by atoms with Gasteiger partial charge in [0.15, 0.2) is 0 Å². The van der Waals surface area contributed by atoms with Gasteiger partial charge in [0.25, 0.3) is 0 Å². The van der Waals surface area contributed by atoms with E-state index in [0.717, 1.165) is 5.69 Å². The van der Waals surface area contributed by atoms with Gasteiger partial charge < -0.3 is 5.32 Å². The summed E-state index contributed by atoms with van der Waals surface area (Å²) in [6.45, 7) is 4.19. The van der Waals surface area contributed by atoms with Crippen LogP contribution >= 0.6 is 0 Å². The van der Waals surface area contributed by atoms with Gasteiger partial charge in [0.2, 0.25) is 5.82 Å². The van der Waals surface area contributed by atoms with Crippen molar-refractivity contribution >= 4 is 11.5 Å². The van der Waals surface area contributed by atoms with Crippen molar-refractivity contribution in [3.05, 3.63) is 45.9 Å². The number of rotatable bonds is 5. The molecular weight excluding hydrogens is 258 g/mol. The number of nitrogens with one attached hydrogen (secondary N) is 1. The van der Waals surface area contributed by atoms with Gasteiger partial charge in [0.05, 0.1) is 17.2 Å². The molecule has 7 nitrogen and oxygen atoms in total. The second-order valence-electron chi connectivity index (χ2n) is 4.79. The van der Waals surface area contributed by atoms with Crippen molar-refractivity contribution in [3.8, 4) is 0 Å². The molecule has 0 amide bonds. The smallest absolute Gasteiger partial charge is 0.334 e. The highest BCUT2D eigenvalue weighted by molar-refractivity contribution is 5.60. The molecule has 0 aromatic carbocycles. The van der Waals surface area contributed by atoms with E-state index in [9.17, 15) is 10.1 Å². The summed E-state index contributed by atoms with van der Waals surface area (Å²) < 4.78 is 1.51. The minimum atomic E-state index is -0.386. The van der Waals surface area contributed by atoms with Crippen LogP contribution in [-0.4, -0.2) is 19.7 Å². The van der Waals surface area contributed by atoms with Crippen LogP contribution in [0.5, 0.6) is 0 Å². The molecule has 106 valence electrons. The molecule has 0 atom stereocenters. The third-order valence-electron chi connectivity index (χ3n) is 2.94. The van der Waals surface area contributed by atoms with Crippen LogP contribution in [0.15, 0.2) is 24.4 Å². The first-order chi connectivity index (χ1) is 9.50. The Kier molecular flexibility index (Phi) is 3.97. The molecule has 1 N–H and O–H groups in total. The number of hydrogen-bond acceptors (Lipinski definition) is 5. The van der Waals surface area contributed by atoms with Crippen LogP contribution in [0.4, 0.5) is 11.5 Å². The molecule has 7 heteroatoms. The zero-order valence-corrected chi connectivity index (χ0v) is 11.7. The second-order valence-corrected chi connectivity index (χ2v) is 4.79. The summed E-state index contributed by atoms with van der Waals surface area (Å²) in [5, 5.41) is 18.6. The zero-order valence-electron chi connectivity index (χ0n) is 11.7. The normalized spacial score (nSPS) is 10.8. The number of nitro groups is 1. The lowest BCUT2D eigenvalue weighted by atomic mass is 10.1. The van der Waals surface area contributed by atoms with Crippen molar-refractivity contribution in [2.45, 2.75) is 26.3 Å². The second kappa shape index (κ2) is 5.68. The number of pyridine rings is 1. The Morgan fingerprint density at radius 3 is 2.75 bits per heavy atom. The fraction of sp³-hybridized carbons (Fsp3) is 0.385. The first-order valence-corrected chi connectivity index (χ1v) is 6.35. The molecular formula is C13H17N5O2. The Labute approximate surface area is 116 Å². The Balaban J connectivity index is 2.29. The molecule has 0 aliphatic carbocycles. The molecule has 0 saturated carbocycles. The van der Waals surface area contributed by atoms with Crippen LogP contribution in [0, 0.1) is 10.1 Å². The fourth-order valence-electron chi connectivity index (χ4n) is 1.98. The van der Waals surface area contributed by atoms with Crippen LogP contribution in [0.1, 0.15) is 31.2 Å². The lowest BCUT2D eigenvalue weighted by Gasteiger charge is -2.05. The van der Waals surface area contributed by atoms with Crippen molar-refractivity contribution in [1.82, 2.24) is 14.8 Å². The molecule has 0 aliphatic heterocycles. The van der Waals surface area contributed by atoms with Gasteiger partial charge in [-0.05, 0) is 12.1 Å². The average Bonchev–Trinajstić information content (AvgIpc) is 2.75. The van der Waals surface area contributed by atoms with Gasteiger partial charge in [-0.2, -0.15) is 5.10 Å². The Morgan fingerprint density at radius 2 is 2.20 bits per heavy atom. The Bertz CT molecular complexity index is 607. The number of hydrogen-bond donors (Lipinski definition) is 1. The van der Waals surface area contributed by atoms with Crippen LogP contribution < -0.4 is 5.32 Å². The number of aromatic nitrogens is 3. The van der Waals surface area contributed by atoms with E-state index in [1.807, 2.05) is 32.0 Å². The summed E-state index contributed by atoms with van der Waals surface area (Å²) in [6, 6.07) is 5.56. The van der Waals surface area contributed by atoms with Crippen molar-refractivity contribution in [1.29, 1.82) is 0 Å². The molecule has 0 radical (unpaired) electrons. The fourth-order valence-corrected chi connectivity index (χ4v) is 1.98. The van der Waals surface area contributed by atoms with Crippen LogP contribution in [0.25, 0.3) is 0 Å². The quantitative estimate of drug-likeness (QED) is 0.669. The monoisotopic (exact) mass is 275 g/mol. The predicted octanol–water partition coefficient (Wildman–Crippen LogP) is 2.46. The Morgan fingerprint density at radius 1 is 1.45 bits per heavy atom. The van der Waals surface area contributed by atoms with Gasteiger partial charge in [-0.25, -0.2) is 4.68 Å². The van der Waals surface area contributed by atoms with E-state index in [-0.39, 0.29) is 16.5 Å². The van der Waals surface area contributed by atoms with Gasteiger partial charge in [0, 0.05) is 19.2 Å². The van der Waals surface area contributed by atoms with Crippen molar-refractivity contribution in [2.75, 3.05) is 5.32 Å². The minimum absolute atomic E-state index is 0.00741. The van der Waals surface area contributed by atoms with Gasteiger partial charge in [-0.15, -0.1) is 0 Å². The lowest BCUT2D eigenvalue weighted by molar-refractivity contribution is -0.384. The van der Waals surface area contributed by atoms with E-state index in [1.54, 1.807) is 13.2 Å². The van der Waals surface area contributed by atoms with Gasteiger partial charge in [0.1, 0.15) is 5.69 Å². The first-order valence-electron chi connectivity index (χ1n) is 6.35. The van der Waals surface area contributed by atoms with Crippen molar-refractivity contribution in [3.63, 3.8) is 0 Å². The number of aryl methyl sites for hydroxylation is 1. The van der Waals surface area contributed by atoms with Crippen molar-refractivity contribution in [2.24, 2.45) is 7.05 Å². The van der Waals surface area contributed by atoms with E-state index in [2.05, 4.69) is 15.4 Å². The molecule has 0 saturated heterocycles. The summed E-state index contributed by atoms with van der Waals surface area (Å²) in [4.78, 5) is 15.1. The highest BCUT2D eigenvalue weighted by atomic mass is 16.6. The van der Waals surface area contributed by atoms with Crippen LogP contribution in [0.2, 0.25) is 0 Å². The summed E-state index contributed by atoms with van der Waals surface area (Å²) in [5.74, 6) is 0.399. The average molecular weight is 275 g/mol. The minimum Gasteiger partial charge on any atom is -0.359 e. The van der Waals surface area contributed by atoms with E-state index in [1.165, 1.54) is 4.68 Å². The number of nitrogens with zero attached hydrogens (tertiary/aromatic N) is 4. The molecule has 20 heavy (non-hydrogen) atoms. The van der Waals surface area contributed by atoms with E-state index < -0.39 is 0 Å². The standard InChI is InChI=1S/C13H17N5O2/c1-9(2)11-12(18(19)20)13(17(3)16-11)15-8-10-6-4-5-7-14-10/h4-7,9,15H,8H2,1-3H3. The summed E-state index contributed by atoms with van der Waals surface area (Å²) >= 11 is 0. The first kappa shape index (κ1) is 14.0. The predicted molar refractivity (Wildman–Crippen MR) is 75.5 cm³/mol. The van der Waals surface area contributed by atoms with Gasteiger partial charge >= 0.3 is 5.69 Å². The zero-order chi connectivity index (χ0) is 14.7. The maximum Gasteiger partial charge on any atom is 0.334 e. The lowest BCUT2D eigenvalue weighted by Crippen LogP contribution is -2.07. The third kappa shape index (κ3) is 2.76. The van der Waals surface area contributed by atoms with Crippen molar-refractivity contribution < 1.29 is 4.92 Å². The molecule has 0 spiro atoms. The van der Waals surface area contributed by atoms with E-state index in [0.29, 0.717) is 18.1 Å². The van der Waals surface area contributed by atoms with Gasteiger partial charge in [-0.3, -0.25) is 15.1 Å². The Hall–Kier alpha value is -2.44. The van der Waals surface area contributed by atoms with E-state index in [4.69, 9.17) is 0 Å². The number of anilines is 1. The molecule has 2 aromatic rings. The summed E-state index contributed by atoms with van der Waals surface area (Å²) in [6.07, 6.45) is 1.69.